The van der Waals surface area contributed by atoms with Crippen LogP contribution in [0.3, 0.4) is 0 Å². The van der Waals surface area contributed by atoms with Crippen LogP contribution >= 0.6 is 15.9 Å². The molecule has 5 nitrogen and oxygen atoms in total. The van der Waals surface area contributed by atoms with Crippen LogP contribution in [0.25, 0.3) is 0 Å². The Morgan fingerprint density at radius 3 is 2.83 bits per heavy atom. The molecule has 0 saturated heterocycles. The maximum Gasteiger partial charge on any atom is 0.258 e. The van der Waals surface area contributed by atoms with Gasteiger partial charge in [-0.3, -0.25) is 9.69 Å². The second kappa shape index (κ2) is 8.12. The zero-order valence-electron chi connectivity index (χ0n) is 12.9. The third-order valence-electron chi connectivity index (χ3n) is 3.24. The molecule has 0 saturated carbocycles. The maximum atomic E-state index is 13.6. The van der Waals surface area contributed by atoms with Crippen molar-refractivity contribution in [1.82, 2.24) is 10.2 Å². The van der Waals surface area contributed by atoms with Crippen LogP contribution in [0.15, 0.2) is 45.5 Å². The van der Waals surface area contributed by atoms with E-state index in [9.17, 15) is 9.18 Å². The highest BCUT2D eigenvalue weighted by molar-refractivity contribution is 9.10. The van der Waals surface area contributed by atoms with Crippen LogP contribution in [0.4, 0.5) is 4.39 Å². The maximum absolute atomic E-state index is 13.6. The van der Waals surface area contributed by atoms with Gasteiger partial charge in [-0.2, -0.15) is 0 Å². The molecule has 1 N–H and O–H groups in total. The Morgan fingerprint density at radius 2 is 2.22 bits per heavy atom. The quantitative estimate of drug-likeness (QED) is 0.797. The third-order valence-corrected chi connectivity index (χ3v) is 3.73. The summed E-state index contributed by atoms with van der Waals surface area (Å²) >= 11 is 3.16. The number of halogens is 2. The predicted molar refractivity (Wildman–Crippen MR) is 87.7 cm³/mol. The van der Waals surface area contributed by atoms with Crippen LogP contribution in [0.5, 0.6) is 5.75 Å². The fourth-order valence-corrected chi connectivity index (χ4v) is 2.35. The summed E-state index contributed by atoms with van der Waals surface area (Å²) in [6.07, 6.45) is 1.59. The number of likely N-dealkylation sites (N-methyl/N-ethyl adjacent to an activating group) is 1. The standard InChI is InChI=1S/C16H18BrFN2O3/c1-20(2)13(15-4-3-7-22-15)9-19-16(21)10-23-14-6-5-11(17)8-12(14)18/h3-8,13H,9-10H2,1-2H3,(H,19,21). The lowest BCUT2D eigenvalue weighted by atomic mass is 10.2. The van der Waals surface area contributed by atoms with E-state index < -0.39 is 5.82 Å². The Labute approximate surface area is 142 Å². The van der Waals surface area contributed by atoms with Gasteiger partial charge in [0, 0.05) is 11.0 Å². The zero-order valence-corrected chi connectivity index (χ0v) is 14.5. The number of carbonyl (C=O) groups excluding carboxylic acids is 1. The van der Waals surface area contributed by atoms with E-state index in [-0.39, 0.29) is 24.3 Å². The molecule has 1 unspecified atom stereocenters. The summed E-state index contributed by atoms with van der Waals surface area (Å²) in [6.45, 7) is 0.113. The van der Waals surface area contributed by atoms with E-state index in [0.717, 1.165) is 5.76 Å². The minimum atomic E-state index is -0.520. The van der Waals surface area contributed by atoms with Gasteiger partial charge in [0.1, 0.15) is 5.76 Å². The largest absolute Gasteiger partial charge is 0.481 e. The van der Waals surface area contributed by atoms with Gasteiger partial charge in [0.25, 0.3) is 5.91 Å². The van der Waals surface area contributed by atoms with Crippen molar-refractivity contribution >= 4 is 21.8 Å². The van der Waals surface area contributed by atoms with Gasteiger partial charge in [0.15, 0.2) is 18.2 Å². The summed E-state index contributed by atoms with van der Waals surface area (Å²) < 4.78 is 24.8. The highest BCUT2D eigenvalue weighted by Crippen LogP contribution is 2.21. The van der Waals surface area contributed by atoms with Crippen molar-refractivity contribution in [2.24, 2.45) is 0 Å². The van der Waals surface area contributed by atoms with E-state index in [4.69, 9.17) is 9.15 Å². The van der Waals surface area contributed by atoms with Crippen LogP contribution in [0, 0.1) is 5.82 Å². The van der Waals surface area contributed by atoms with Gasteiger partial charge < -0.3 is 14.5 Å². The summed E-state index contributed by atoms with van der Waals surface area (Å²) in [5.41, 5.74) is 0. The fraction of sp³-hybridized carbons (Fsp3) is 0.312. The Kier molecular flexibility index (Phi) is 6.18. The van der Waals surface area contributed by atoms with E-state index >= 15 is 0 Å². The lowest BCUT2D eigenvalue weighted by molar-refractivity contribution is -0.123. The van der Waals surface area contributed by atoms with Crippen molar-refractivity contribution in [3.8, 4) is 5.75 Å². The second-order valence-electron chi connectivity index (χ2n) is 5.16. The first-order valence-corrected chi connectivity index (χ1v) is 7.81. The molecule has 1 aromatic heterocycles. The highest BCUT2D eigenvalue weighted by atomic mass is 79.9. The topological polar surface area (TPSA) is 54.7 Å². The van der Waals surface area contributed by atoms with Crippen molar-refractivity contribution in [1.29, 1.82) is 0 Å². The van der Waals surface area contributed by atoms with Gasteiger partial charge in [-0.25, -0.2) is 4.39 Å². The van der Waals surface area contributed by atoms with Gasteiger partial charge in [-0.1, -0.05) is 15.9 Å². The predicted octanol–water partition coefficient (Wildman–Crippen LogP) is 2.98. The van der Waals surface area contributed by atoms with Gasteiger partial charge in [0.05, 0.1) is 12.3 Å². The average molecular weight is 385 g/mol. The number of rotatable bonds is 7. The average Bonchev–Trinajstić information content (AvgIpc) is 3.00. The zero-order chi connectivity index (χ0) is 16.8. The molecule has 0 aliphatic carbocycles. The number of benzene rings is 1. The van der Waals surface area contributed by atoms with Crippen molar-refractivity contribution in [3.05, 3.63) is 52.6 Å². The molecule has 124 valence electrons. The van der Waals surface area contributed by atoms with Gasteiger partial charge in [0.2, 0.25) is 0 Å². The number of carbonyl (C=O) groups is 1. The molecule has 2 aromatic rings. The van der Waals surface area contributed by atoms with Crippen LogP contribution in [0.2, 0.25) is 0 Å². The molecule has 1 heterocycles. The Bertz CT molecular complexity index is 647. The molecule has 0 bridgehead atoms. The van der Waals surface area contributed by atoms with E-state index in [0.29, 0.717) is 11.0 Å². The summed E-state index contributed by atoms with van der Waals surface area (Å²) in [5, 5.41) is 2.76. The first-order chi connectivity index (χ1) is 11.0. The Morgan fingerprint density at radius 1 is 1.43 bits per heavy atom. The van der Waals surface area contributed by atoms with E-state index in [2.05, 4.69) is 21.2 Å². The lowest BCUT2D eigenvalue weighted by Gasteiger charge is -2.22. The third kappa shape index (κ3) is 5.07. The Balaban J connectivity index is 1.84. The van der Waals surface area contributed by atoms with Crippen molar-refractivity contribution < 1.29 is 18.3 Å². The van der Waals surface area contributed by atoms with E-state index in [1.54, 1.807) is 18.4 Å². The van der Waals surface area contributed by atoms with Gasteiger partial charge in [-0.15, -0.1) is 0 Å². The first-order valence-electron chi connectivity index (χ1n) is 7.01. The number of furan rings is 1. The first kappa shape index (κ1) is 17.5. The minimum absolute atomic E-state index is 0.0403. The molecule has 1 aromatic carbocycles. The molecule has 0 aliphatic rings. The SMILES string of the molecule is CN(C)C(CNC(=O)COc1ccc(Br)cc1F)c1ccco1. The normalized spacial score (nSPS) is 12.2. The number of hydrogen-bond donors (Lipinski definition) is 1. The number of nitrogens with one attached hydrogen (secondary N) is 1. The molecule has 1 atom stereocenters. The molecule has 23 heavy (non-hydrogen) atoms. The van der Waals surface area contributed by atoms with Crippen LogP contribution in [-0.4, -0.2) is 38.1 Å². The fourth-order valence-electron chi connectivity index (χ4n) is 2.02. The highest BCUT2D eigenvalue weighted by Gasteiger charge is 2.18. The van der Waals surface area contributed by atoms with Crippen molar-refractivity contribution in [3.63, 3.8) is 0 Å². The molecule has 0 spiro atoms. The van der Waals surface area contributed by atoms with Crippen molar-refractivity contribution in [2.45, 2.75) is 6.04 Å². The molecular weight excluding hydrogens is 367 g/mol. The van der Waals surface area contributed by atoms with Gasteiger partial charge in [-0.05, 0) is 44.4 Å². The second-order valence-corrected chi connectivity index (χ2v) is 6.08. The van der Waals surface area contributed by atoms with Crippen molar-refractivity contribution in [2.75, 3.05) is 27.2 Å². The summed E-state index contributed by atoms with van der Waals surface area (Å²) in [6, 6.07) is 7.97. The van der Waals surface area contributed by atoms with Crippen LogP contribution in [-0.2, 0) is 4.79 Å². The summed E-state index contributed by atoms with van der Waals surface area (Å²) in [5.74, 6) is -0.0478. The van der Waals surface area contributed by atoms with E-state index in [1.165, 1.54) is 12.1 Å². The van der Waals surface area contributed by atoms with Crippen LogP contribution < -0.4 is 10.1 Å². The van der Waals surface area contributed by atoms with Gasteiger partial charge >= 0.3 is 0 Å². The molecule has 7 heteroatoms. The molecule has 0 fully saturated rings. The Hall–Kier alpha value is -1.86. The number of amides is 1. The van der Waals surface area contributed by atoms with Crippen LogP contribution in [0.1, 0.15) is 11.8 Å². The number of ether oxygens (including phenoxy) is 1. The molecular formula is C16H18BrFN2O3. The number of hydrogen-bond acceptors (Lipinski definition) is 4. The summed E-state index contributed by atoms with van der Waals surface area (Å²) in [7, 11) is 3.79. The molecule has 1 amide bonds. The monoisotopic (exact) mass is 384 g/mol. The minimum Gasteiger partial charge on any atom is -0.481 e. The molecule has 0 aliphatic heterocycles. The summed E-state index contributed by atoms with van der Waals surface area (Å²) in [4.78, 5) is 13.8. The number of nitrogens with zero attached hydrogens (tertiary/aromatic N) is 1. The molecule has 2 rings (SSSR count). The van der Waals surface area contributed by atoms with E-state index in [1.807, 2.05) is 25.1 Å². The lowest BCUT2D eigenvalue weighted by Crippen LogP contribution is -2.36. The molecule has 0 radical (unpaired) electrons. The smallest absolute Gasteiger partial charge is 0.258 e.